The minimum Gasteiger partial charge on any atom is -0.309 e. The summed E-state index contributed by atoms with van der Waals surface area (Å²) in [6, 6.07) is 12.6. The van der Waals surface area contributed by atoms with Crippen LogP contribution in [0.1, 0.15) is 6.42 Å². The van der Waals surface area contributed by atoms with Crippen molar-refractivity contribution in [2.45, 2.75) is 11.3 Å². The van der Waals surface area contributed by atoms with Gasteiger partial charge in [-0.2, -0.15) is 8.75 Å². The summed E-state index contributed by atoms with van der Waals surface area (Å²) in [5, 5.41) is 2.41. The smallest absolute Gasteiger partial charge is 0.131 e. The Hall–Kier alpha value is -1.76. The van der Waals surface area contributed by atoms with Gasteiger partial charge >= 0.3 is 0 Å². The number of fused-ring (bicyclic) bond motifs is 4. The van der Waals surface area contributed by atoms with Crippen LogP contribution in [0, 0.1) is 0 Å². The van der Waals surface area contributed by atoms with Gasteiger partial charge in [0.2, 0.25) is 0 Å². The Morgan fingerprint density at radius 2 is 1.83 bits per heavy atom. The van der Waals surface area contributed by atoms with Crippen molar-refractivity contribution in [2.24, 2.45) is 0 Å². The van der Waals surface area contributed by atoms with E-state index < -0.39 is 0 Å². The van der Waals surface area contributed by atoms with Gasteiger partial charge in [0.15, 0.2) is 0 Å². The first-order valence-corrected chi connectivity index (χ1v) is 9.67. The van der Waals surface area contributed by atoms with E-state index in [0.29, 0.717) is 0 Å². The number of benzene rings is 2. The molecule has 24 heavy (non-hydrogen) atoms. The van der Waals surface area contributed by atoms with Crippen LogP contribution in [0.25, 0.3) is 32.8 Å². The lowest BCUT2D eigenvalue weighted by Crippen LogP contribution is -2.13. The highest BCUT2D eigenvalue weighted by atomic mass is 32.2. The van der Waals surface area contributed by atoms with E-state index in [1.54, 1.807) is 0 Å². The average Bonchev–Trinajstić information content (AvgIpc) is 3.06. The van der Waals surface area contributed by atoms with Crippen LogP contribution in [0.4, 0.5) is 0 Å². The van der Waals surface area contributed by atoms with Crippen molar-refractivity contribution in [1.82, 2.24) is 18.6 Å². The fourth-order valence-corrected chi connectivity index (χ4v) is 4.54. The highest BCUT2D eigenvalue weighted by molar-refractivity contribution is 7.99. The zero-order valence-corrected chi connectivity index (χ0v) is 15.3. The molecule has 2 heterocycles. The second kappa shape index (κ2) is 6.63. The summed E-state index contributed by atoms with van der Waals surface area (Å²) in [6.45, 7) is 1.11. The number of para-hydroxylation sites is 1. The van der Waals surface area contributed by atoms with E-state index in [-0.39, 0.29) is 0 Å². The number of pyridine rings is 1. The van der Waals surface area contributed by atoms with Crippen LogP contribution in [0.15, 0.2) is 41.3 Å². The summed E-state index contributed by atoms with van der Waals surface area (Å²) in [4.78, 5) is 8.42. The molecule has 0 N–H and O–H groups in total. The van der Waals surface area contributed by atoms with Gasteiger partial charge in [0.1, 0.15) is 16.6 Å². The molecule has 0 aliphatic rings. The van der Waals surface area contributed by atoms with Gasteiger partial charge in [0.25, 0.3) is 0 Å². The zero-order chi connectivity index (χ0) is 16.5. The molecule has 0 atom stereocenters. The Kier molecular flexibility index (Phi) is 4.35. The van der Waals surface area contributed by atoms with Crippen molar-refractivity contribution in [3.05, 3.63) is 36.4 Å². The maximum atomic E-state index is 4.88. The maximum absolute atomic E-state index is 4.88. The van der Waals surface area contributed by atoms with E-state index in [4.69, 9.17) is 4.98 Å². The third kappa shape index (κ3) is 2.85. The Morgan fingerprint density at radius 3 is 2.71 bits per heavy atom. The summed E-state index contributed by atoms with van der Waals surface area (Å²) < 4.78 is 8.82. The Bertz CT molecular complexity index is 1010. The molecule has 4 aromatic rings. The van der Waals surface area contributed by atoms with Crippen LogP contribution in [0.2, 0.25) is 0 Å². The van der Waals surface area contributed by atoms with Gasteiger partial charge in [-0.1, -0.05) is 18.2 Å². The highest BCUT2D eigenvalue weighted by Crippen LogP contribution is 2.36. The van der Waals surface area contributed by atoms with Crippen molar-refractivity contribution in [1.29, 1.82) is 0 Å². The Morgan fingerprint density at radius 1 is 0.958 bits per heavy atom. The predicted molar refractivity (Wildman–Crippen MR) is 104 cm³/mol. The first-order chi connectivity index (χ1) is 11.7. The van der Waals surface area contributed by atoms with E-state index in [0.717, 1.165) is 40.8 Å². The number of aromatic nitrogens is 3. The molecule has 0 radical (unpaired) electrons. The number of hydrogen-bond acceptors (Lipinski definition) is 6. The molecule has 0 unspecified atom stereocenters. The lowest BCUT2D eigenvalue weighted by Gasteiger charge is -2.12. The lowest BCUT2D eigenvalue weighted by molar-refractivity contribution is 0.410. The molecular formula is C18H18N4S2. The van der Waals surface area contributed by atoms with Crippen LogP contribution in [-0.4, -0.2) is 45.0 Å². The van der Waals surface area contributed by atoms with Crippen LogP contribution in [-0.2, 0) is 0 Å². The summed E-state index contributed by atoms with van der Waals surface area (Å²) in [5.74, 6) is 1.09. The molecule has 4 rings (SSSR count). The molecule has 2 aromatic heterocycles. The summed E-state index contributed by atoms with van der Waals surface area (Å²) in [7, 11) is 4.24. The molecule has 0 aliphatic carbocycles. The molecule has 0 aliphatic heterocycles. The zero-order valence-electron chi connectivity index (χ0n) is 13.7. The highest BCUT2D eigenvalue weighted by Gasteiger charge is 2.13. The van der Waals surface area contributed by atoms with Crippen LogP contribution in [0.3, 0.4) is 0 Å². The maximum Gasteiger partial charge on any atom is 0.131 e. The van der Waals surface area contributed by atoms with Gasteiger partial charge in [0.05, 0.1) is 17.2 Å². The molecule has 0 spiro atoms. The summed E-state index contributed by atoms with van der Waals surface area (Å²) >= 11 is 3.17. The van der Waals surface area contributed by atoms with Gasteiger partial charge in [0, 0.05) is 15.7 Å². The minimum atomic E-state index is 0.915. The van der Waals surface area contributed by atoms with Crippen molar-refractivity contribution < 1.29 is 0 Å². The minimum absolute atomic E-state index is 0.915. The van der Waals surface area contributed by atoms with Gasteiger partial charge in [-0.3, -0.25) is 0 Å². The predicted octanol–water partition coefficient (Wildman–Crippen LogP) is 4.44. The van der Waals surface area contributed by atoms with Gasteiger partial charge in [-0.15, -0.1) is 11.8 Å². The normalized spacial score (nSPS) is 12.0. The van der Waals surface area contributed by atoms with E-state index >= 15 is 0 Å². The number of rotatable bonds is 5. The second-order valence-corrected chi connectivity index (χ2v) is 7.69. The fraction of sp³-hybridized carbons (Fsp3) is 0.278. The van der Waals surface area contributed by atoms with Crippen LogP contribution >= 0.6 is 23.5 Å². The van der Waals surface area contributed by atoms with E-state index in [1.807, 2.05) is 17.8 Å². The van der Waals surface area contributed by atoms with Crippen molar-refractivity contribution in [2.75, 3.05) is 26.4 Å². The Balaban J connectivity index is 1.86. The largest absolute Gasteiger partial charge is 0.309 e. The number of nitrogens with zero attached hydrogens (tertiary/aromatic N) is 4. The summed E-state index contributed by atoms with van der Waals surface area (Å²) in [5.41, 5.74) is 3.84. The monoisotopic (exact) mass is 354 g/mol. The third-order valence-electron chi connectivity index (χ3n) is 4.02. The van der Waals surface area contributed by atoms with Crippen LogP contribution in [0.5, 0.6) is 0 Å². The fourth-order valence-electron chi connectivity index (χ4n) is 2.87. The first-order valence-electron chi connectivity index (χ1n) is 7.95. The number of hydrogen-bond donors (Lipinski definition) is 0. The van der Waals surface area contributed by atoms with Crippen LogP contribution < -0.4 is 0 Å². The second-order valence-electron chi connectivity index (χ2n) is 6.06. The molecule has 0 saturated heterocycles. The molecule has 0 saturated carbocycles. The molecule has 0 amide bonds. The molecule has 0 fully saturated rings. The molecule has 6 heteroatoms. The van der Waals surface area contributed by atoms with E-state index in [2.05, 4.69) is 58.1 Å². The lowest BCUT2D eigenvalue weighted by atomic mass is 10.1. The quantitative estimate of drug-likeness (QED) is 0.301. The third-order valence-corrected chi connectivity index (χ3v) is 5.79. The number of thioether (sulfide) groups is 1. The van der Waals surface area contributed by atoms with Crippen molar-refractivity contribution in [3.63, 3.8) is 0 Å². The van der Waals surface area contributed by atoms with E-state index in [9.17, 15) is 0 Å². The van der Waals surface area contributed by atoms with E-state index in [1.165, 1.54) is 27.4 Å². The van der Waals surface area contributed by atoms with Gasteiger partial charge in [-0.25, -0.2) is 4.98 Å². The average molecular weight is 355 g/mol. The molecule has 0 bridgehead atoms. The molecule has 122 valence electrons. The first kappa shape index (κ1) is 15.7. The Labute approximate surface area is 149 Å². The summed E-state index contributed by atoms with van der Waals surface area (Å²) in [6.07, 6.45) is 1.16. The molecular weight excluding hydrogens is 336 g/mol. The van der Waals surface area contributed by atoms with Crippen molar-refractivity contribution >= 4 is 56.3 Å². The van der Waals surface area contributed by atoms with Gasteiger partial charge in [-0.05, 0) is 51.0 Å². The topological polar surface area (TPSA) is 41.9 Å². The standard InChI is InChI=1S/C18H18N4S2/c1-22(2)10-5-11-23-18-12-6-3-4-7-14(12)19-16-13(18)8-9-15-17(16)21-24-20-15/h3-4,6-9H,5,10-11H2,1-2H3. The SMILES string of the molecule is CN(C)CCCSc1c2ccccc2nc2c1ccc1nsnc12. The molecule has 2 aromatic carbocycles. The van der Waals surface area contributed by atoms with Gasteiger partial charge < -0.3 is 4.90 Å². The van der Waals surface area contributed by atoms with Crippen molar-refractivity contribution in [3.8, 4) is 0 Å². The molecule has 4 nitrogen and oxygen atoms in total.